The van der Waals surface area contributed by atoms with Gasteiger partial charge in [-0.05, 0) is 19.3 Å². The third-order valence-corrected chi connectivity index (χ3v) is 2.87. The molecule has 0 aliphatic carbocycles. The van der Waals surface area contributed by atoms with Crippen molar-refractivity contribution >= 4 is 5.91 Å². The fraction of sp³-hybridized carbons (Fsp3) is 0.700. The molecule has 1 unspecified atom stereocenters. The van der Waals surface area contributed by atoms with Crippen molar-refractivity contribution in [3.63, 3.8) is 0 Å². The highest BCUT2D eigenvalue weighted by atomic mass is 16.2. The van der Waals surface area contributed by atoms with Gasteiger partial charge in [0.05, 0.1) is 17.9 Å². The average Bonchev–Trinajstić information content (AvgIpc) is 2.56. The van der Waals surface area contributed by atoms with Crippen LogP contribution in [0.1, 0.15) is 25.0 Å². The summed E-state index contributed by atoms with van der Waals surface area (Å²) in [7, 11) is 1.84. The second kappa shape index (κ2) is 5.07. The lowest BCUT2D eigenvalue weighted by atomic mass is 10.1. The molecule has 6 heteroatoms. The fourth-order valence-corrected chi connectivity index (χ4v) is 1.83. The highest BCUT2D eigenvalue weighted by Gasteiger charge is 2.19. The molecule has 1 aliphatic rings. The van der Waals surface area contributed by atoms with Crippen LogP contribution in [0.25, 0.3) is 0 Å². The van der Waals surface area contributed by atoms with Crippen LogP contribution in [-0.4, -0.2) is 33.5 Å². The molecule has 0 spiro atoms. The number of hydrogen-bond acceptors (Lipinski definition) is 4. The molecule has 0 saturated carbocycles. The summed E-state index contributed by atoms with van der Waals surface area (Å²) in [6.45, 7) is 1.42. The molecule has 2 rings (SSSR count). The van der Waals surface area contributed by atoms with E-state index in [4.69, 9.17) is 0 Å². The van der Waals surface area contributed by atoms with Gasteiger partial charge in [-0.1, -0.05) is 5.21 Å². The van der Waals surface area contributed by atoms with E-state index in [-0.39, 0.29) is 11.9 Å². The maximum absolute atomic E-state index is 11.6. The molecular formula is C10H17N5O. The van der Waals surface area contributed by atoms with Crippen molar-refractivity contribution < 1.29 is 4.79 Å². The summed E-state index contributed by atoms with van der Waals surface area (Å²) in [6, 6.07) is -0.0857. The smallest absolute Gasteiger partial charge is 0.237 e. The van der Waals surface area contributed by atoms with E-state index in [9.17, 15) is 4.79 Å². The van der Waals surface area contributed by atoms with E-state index in [0.717, 1.165) is 31.5 Å². The number of rotatable bonds is 3. The number of hydrogen-bond donors (Lipinski definition) is 2. The van der Waals surface area contributed by atoms with Crippen LogP contribution in [0.15, 0.2) is 6.20 Å². The molecule has 1 aromatic rings. The maximum Gasteiger partial charge on any atom is 0.237 e. The van der Waals surface area contributed by atoms with Crippen molar-refractivity contribution in [1.82, 2.24) is 25.6 Å². The summed E-state index contributed by atoms with van der Waals surface area (Å²) in [5.74, 6) is 0.104. The lowest BCUT2D eigenvalue weighted by Crippen LogP contribution is -2.42. The zero-order valence-electron chi connectivity index (χ0n) is 9.44. The van der Waals surface area contributed by atoms with Crippen molar-refractivity contribution in [2.45, 2.75) is 31.8 Å². The number of nitrogens with zero attached hydrogens (tertiary/aromatic N) is 3. The van der Waals surface area contributed by atoms with Crippen molar-refractivity contribution in [3.05, 3.63) is 11.9 Å². The molecule has 88 valence electrons. The minimum atomic E-state index is -0.0857. The predicted octanol–water partition coefficient (Wildman–Crippen LogP) is -0.427. The molecule has 1 aromatic heterocycles. The molecule has 0 bridgehead atoms. The Hall–Kier alpha value is -1.43. The molecule has 1 fully saturated rings. The van der Waals surface area contributed by atoms with Gasteiger partial charge in [0.15, 0.2) is 0 Å². The normalized spacial score (nSPS) is 21.6. The third kappa shape index (κ3) is 2.57. The Morgan fingerprint density at radius 2 is 2.50 bits per heavy atom. The third-order valence-electron chi connectivity index (χ3n) is 2.87. The standard InChI is InChI=1S/C10H17N5O/c1-15-8(7-13-14-15)6-12-9-4-2-3-5-11-10(9)16/h7,9,12H,2-6H2,1H3,(H,11,16). The van der Waals surface area contributed by atoms with Crippen LogP contribution in [0.2, 0.25) is 0 Å². The van der Waals surface area contributed by atoms with Gasteiger partial charge in [-0.25, -0.2) is 0 Å². The van der Waals surface area contributed by atoms with Crippen molar-refractivity contribution in [2.24, 2.45) is 7.05 Å². The monoisotopic (exact) mass is 223 g/mol. The molecule has 1 atom stereocenters. The summed E-state index contributed by atoms with van der Waals surface area (Å²) in [6.07, 6.45) is 4.76. The van der Waals surface area contributed by atoms with Crippen LogP contribution >= 0.6 is 0 Å². The first-order chi connectivity index (χ1) is 7.77. The summed E-state index contributed by atoms with van der Waals surface area (Å²) in [5, 5.41) is 13.8. The van der Waals surface area contributed by atoms with Crippen LogP contribution in [-0.2, 0) is 18.4 Å². The maximum atomic E-state index is 11.6. The average molecular weight is 223 g/mol. The van der Waals surface area contributed by atoms with E-state index in [0.29, 0.717) is 6.54 Å². The lowest BCUT2D eigenvalue weighted by molar-refractivity contribution is -0.122. The van der Waals surface area contributed by atoms with E-state index in [2.05, 4.69) is 20.9 Å². The molecule has 1 amide bonds. The van der Waals surface area contributed by atoms with E-state index in [1.807, 2.05) is 7.05 Å². The van der Waals surface area contributed by atoms with Crippen LogP contribution in [0, 0.1) is 0 Å². The second-order valence-corrected chi connectivity index (χ2v) is 4.07. The van der Waals surface area contributed by atoms with Gasteiger partial charge in [0, 0.05) is 20.1 Å². The zero-order valence-corrected chi connectivity index (χ0v) is 9.44. The van der Waals surface area contributed by atoms with E-state index < -0.39 is 0 Å². The van der Waals surface area contributed by atoms with Gasteiger partial charge < -0.3 is 10.6 Å². The number of carbonyl (C=O) groups is 1. The highest BCUT2D eigenvalue weighted by molar-refractivity contribution is 5.81. The van der Waals surface area contributed by atoms with Crippen LogP contribution in [0.3, 0.4) is 0 Å². The number of aryl methyl sites for hydroxylation is 1. The fourth-order valence-electron chi connectivity index (χ4n) is 1.83. The van der Waals surface area contributed by atoms with Crippen LogP contribution in [0.4, 0.5) is 0 Å². The Balaban J connectivity index is 1.89. The minimum Gasteiger partial charge on any atom is -0.355 e. The Morgan fingerprint density at radius 1 is 1.62 bits per heavy atom. The molecule has 1 aliphatic heterocycles. The molecule has 2 N–H and O–H groups in total. The van der Waals surface area contributed by atoms with Gasteiger partial charge in [0.2, 0.25) is 5.91 Å². The molecule has 2 heterocycles. The van der Waals surface area contributed by atoms with Crippen LogP contribution < -0.4 is 10.6 Å². The van der Waals surface area contributed by atoms with Gasteiger partial charge in [-0.2, -0.15) is 0 Å². The first kappa shape index (κ1) is 11.1. The lowest BCUT2D eigenvalue weighted by Gasteiger charge is -2.14. The summed E-state index contributed by atoms with van der Waals surface area (Å²) in [4.78, 5) is 11.6. The molecule has 1 saturated heterocycles. The number of nitrogens with one attached hydrogen (secondary N) is 2. The van der Waals surface area contributed by atoms with E-state index in [1.165, 1.54) is 0 Å². The van der Waals surface area contributed by atoms with E-state index in [1.54, 1.807) is 10.9 Å². The van der Waals surface area contributed by atoms with Crippen LogP contribution in [0.5, 0.6) is 0 Å². The number of carbonyl (C=O) groups excluding carboxylic acids is 1. The highest BCUT2D eigenvalue weighted by Crippen LogP contribution is 2.06. The number of aromatic nitrogens is 3. The number of amides is 1. The minimum absolute atomic E-state index is 0.0857. The predicted molar refractivity (Wildman–Crippen MR) is 58.5 cm³/mol. The molecule has 16 heavy (non-hydrogen) atoms. The summed E-state index contributed by atoms with van der Waals surface area (Å²) >= 11 is 0. The SMILES string of the molecule is Cn1nncc1CNC1CCCCNC1=O. The Labute approximate surface area is 94.4 Å². The first-order valence-corrected chi connectivity index (χ1v) is 5.62. The van der Waals surface area contributed by atoms with Gasteiger partial charge in [0.25, 0.3) is 0 Å². The molecule has 6 nitrogen and oxygen atoms in total. The molecule has 0 radical (unpaired) electrons. The van der Waals surface area contributed by atoms with Crippen molar-refractivity contribution in [2.75, 3.05) is 6.54 Å². The van der Waals surface area contributed by atoms with Gasteiger partial charge >= 0.3 is 0 Å². The van der Waals surface area contributed by atoms with Gasteiger partial charge in [-0.3, -0.25) is 9.48 Å². The topological polar surface area (TPSA) is 71.8 Å². The molecular weight excluding hydrogens is 206 g/mol. The Morgan fingerprint density at radius 3 is 3.25 bits per heavy atom. The van der Waals surface area contributed by atoms with Crippen molar-refractivity contribution in [1.29, 1.82) is 0 Å². The second-order valence-electron chi connectivity index (χ2n) is 4.07. The van der Waals surface area contributed by atoms with Gasteiger partial charge in [-0.15, -0.1) is 5.10 Å². The Kier molecular flexibility index (Phi) is 3.51. The van der Waals surface area contributed by atoms with Crippen molar-refractivity contribution in [3.8, 4) is 0 Å². The zero-order chi connectivity index (χ0) is 11.4. The summed E-state index contributed by atoms with van der Waals surface area (Å²) < 4.78 is 1.71. The quantitative estimate of drug-likeness (QED) is 0.729. The largest absolute Gasteiger partial charge is 0.355 e. The van der Waals surface area contributed by atoms with Gasteiger partial charge in [0.1, 0.15) is 0 Å². The van der Waals surface area contributed by atoms with E-state index >= 15 is 0 Å². The molecule has 0 aromatic carbocycles. The first-order valence-electron chi connectivity index (χ1n) is 5.62. The Bertz CT molecular complexity index is 362. The summed E-state index contributed by atoms with van der Waals surface area (Å²) in [5.41, 5.74) is 0.983.